The summed E-state index contributed by atoms with van der Waals surface area (Å²) in [6.07, 6.45) is 0.884. The maximum absolute atomic E-state index is 10.4. The number of rotatable bonds is 6. The Balaban J connectivity index is 1.60. The SMILES string of the molecule is CCOc1ccc(Cc2cc(C34CC(O)CC(OC)(CO3)O4)ccc2Cl)cc1. The van der Waals surface area contributed by atoms with E-state index in [4.69, 9.17) is 30.5 Å². The second-order valence-corrected chi connectivity index (χ2v) is 7.79. The molecular weight excluding hydrogens is 380 g/mol. The predicted octanol–water partition coefficient (Wildman–Crippen LogP) is 4.03. The van der Waals surface area contributed by atoms with Gasteiger partial charge in [-0.15, -0.1) is 0 Å². The Labute approximate surface area is 170 Å². The molecule has 3 unspecified atom stereocenters. The summed E-state index contributed by atoms with van der Waals surface area (Å²) >= 11 is 6.47. The molecule has 2 heterocycles. The first-order chi connectivity index (χ1) is 13.5. The fourth-order valence-electron chi connectivity index (χ4n) is 4.01. The summed E-state index contributed by atoms with van der Waals surface area (Å²) < 4.78 is 23.3. The average molecular weight is 405 g/mol. The summed E-state index contributed by atoms with van der Waals surface area (Å²) in [5, 5.41) is 11.0. The fourth-order valence-corrected chi connectivity index (χ4v) is 4.19. The number of hydrogen-bond acceptors (Lipinski definition) is 5. The van der Waals surface area contributed by atoms with Crippen LogP contribution < -0.4 is 4.74 Å². The van der Waals surface area contributed by atoms with Crippen LogP contribution in [0.5, 0.6) is 5.75 Å². The van der Waals surface area contributed by atoms with Crippen molar-refractivity contribution in [2.24, 2.45) is 0 Å². The van der Waals surface area contributed by atoms with E-state index in [0.717, 1.165) is 22.4 Å². The lowest BCUT2D eigenvalue weighted by Crippen LogP contribution is -2.46. The van der Waals surface area contributed by atoms with E-state index in [9.17, 15) is 5.11 Å². The maximum atomic E-state index is 10.4. The lowest BCUT2D eigenvalue weighted by Gasteiger charge is -2.39. The zero-order valence-corrected chi connectivity index (χ0v) is 16.9. The maximum Gasteiger partial charge on any atom is 0.200 e. The molecule has 2 aromatic rings. The molecule has 2 aliphatic rings. The molecule has 2 aliphatic heterocycles. The molecule has 4 rings (SSSR count). The average Bonchev–Trinajstić information content (AvgIpc) is 2.98. The van der Waals surface area contributed by atoms with Crippen molar-refractivity contribution in [1.82, 2.24) is 0 Å². The van der Waals surface area contributed by atoms with Crippen molar-refractivity contribution in [3.8, 4) is 5.75 Å². The molecule has 28 heavy (non-hydrogen) atoms. The largest absolute Gasteiger partial charge is 0.494 e. The fraction of sp³-hybridized carbons (Fsp3) is 0.455. The van der Waals surface area contributed by atoms with Gasteiger partial charge in [0, 0.05) is 30.5 Å². The van der Waals surface area contributed by atoms with Gasteiger partial charge in [0.25, 0.3) is 0 Å². The molecule has 5 nitrogen and oxygen atoms in total. The number of aliphatic hydroxyl groups is 1. The standard InChI is InChI=1S/C22H25ClO5/c1-3-26-19-7-4-15(5-8-19)10-16-11-17(6-9-20(16)23)22-13-18(24)12-21(25-2,28-22)14-27-22/h4-9,11,18,24H,3,10,12-14H2,1-2H3. The van der Waals surface area contributed by atoms with E-state index in [1.54, 1.807) is 7.11 Å². The van der Waals surface area contributed by atoms with Crippen LogP contribution in [-0.2, 0) is 26.4 Å². The Bertz CT molecular complexity index is 839. The molecule has 0 aliphatic carbocycles. The van der Waals surface area contributed by atoms with Crippen molar-refractivity contribution in [1.29, 1.82) is 0 Å². The molecule has 0 aromatic heterocycles. The Morgan fingerprint density at radius 1 is 1.18 bits per heavy atom. The normalized spacial score (nSPS) is 29.1. The second-order valence-electron chi connectivity index (χ2n) is 7.38. The summed E-state index contributed by atoms with van der Waals surface area (Å²) in [6.45, 7) is 2.90. The lowest BCUT2D eigenvalue weighted by atomic mass is 9.91. The zero-order chi connectivity index (χ0) is 19.8. The first-order valence-electron chi connectivity index (χ1n) is 9.55. The summed E-state index contributed by atoms with van der Waals surface area (Å²) in [6, 6.07) is 13.8. The number of aliphatic hydroxyl groups excluding tert-OH is 1. The van der Waals surface area contributed by atoms with Crippen LogP contribution in [0.1, 0.15) is 36.5 Å². The van der Waals surface area contributed by atoms with Gasteiger partial charge in [-0.1, -0.05) is 29.8 Å². The molecule has 6 heteroatoms. The quantitative estimate of drug-likeness (QED) is 0.787. The first-order valence-corrected chi connectivity index (χ1v) is 9.93. The van der Waals surface area contributed by atoms with Crippen molar-refractivity contribution < 1.29 is 24.1 Å². The van der Waals surface area contributed by atoms with E-state index >= 15 is 0 Å². The van der Waals surface area contributed by atoms with E-state index in [0.29, 0.717) is 30.9 Å². The number of methoxy groups -OCH3 is 1. The lowest BCUT2D eigenvalue weighted by molar-refractivity contribution is -0.305. The predicted molar refractivity (Wildman–Crippen MR) is 106 cm³/mol. The Morgan fingerprint density at radius 3 is 2.68 bits per heavy atom. The van der Waals surface area contributed by atoms with Gasteiger partial charge in [-0.3, -0.25) is 0 Å². The number of benzene rings is 2. The third-order valence-electron chi connectivity index (χ3n) is 5.41. The van der Waals surface area contributed by atoms with Crippen molar-refractivity contribution in [2.45, 2.75) is 43.9 Å². The molecule has 0 radical (unpaired) electrons. The topological polar surface area (TPSA) is 57.2 Å². The van der Waals surface area contributed by atoms with Crippen molar-refractivity contribution in [3.63, 3.8) is 0 Å². The van der Waals surface area contributed by atoms with E-state index in [1.165, 1.54) is 0 Å². The monoisotopic (exact) mass is 404 g/mol. The molecule has 2 bridgehead atoms. The molecule has 2 saturated heterocycles. The van der Waals surface area contributed by atoms with Crippen molar-refractivity contribution in [2.75, 3.05) is 20.3 Å². The molecule has 0 amide bonds. The van der Waals surface area contributed by atoms with Gasteiger partial charge >= 0.3 is 0 Å². The van der Waals surface area contributed by atoms with Gasteiger partial charge < -0.3 is 24.1 Å². The van der Waals surface area contributed by atoms with E-state index < -0.39 is 17.7 Å². The molecule has 3 atom stereocenters. The Hall–Kier alpha value is -1.63. The van der Waals surface area contributed by atoms with Crippen LogP contribution in [0.25, 0.3) is 0 Å². The smallest absolute Gasteiger partial charge is 0.200 e. The van der Waals surface area contributed by atoms with Crippen LogP contribution in [0.4, 0.5) is 0 Å². The van der Waals surface area contributed by atoms with Crippen LogP contribution in [-0.4, -0.2) is 37.3 Å². The molecule has 150 valence electrons. The summed E-state index contributed by atoms with van der Waals surface area (Å²) in [7, 11) is 1.58. The number of fused-ring (bicyclic) bond motifs is 2. The third kappa shape index (κ3) is 3.65. The molecule has 0 spiro atoms. The van der Waals surface area contributed by atoms with Crippen molar-refractivity contribution >= 4 is 11.6 Å². The van der Waals surface area contributed by atoms with Crippen LogP contribution in [0.3, 0.4) is 0 Å². The summed E-state index contributed by atoms with van der Waals surface area (Å²) in [4.78, 5) is 0. The minimum absolute atomic E-state index is 0.289. The highest BCUT2D eigenvalue weighted by Crippen LogP contribution is 2.49. The molecule has 0 saturated carbocycles. The first kappa shape index (κ1) is 19.7. The van der Waals surface area contributed by atoms with Gasteiger partial charge in [0.15, 0.2) is 5.79 Å². The van der Waals surface area contributed by atoms with E-state index in [1.807, 2.05) is 49.4 Å². The van der Waals surface area contributed by atoms with Gasteiger partial charge in [-0.25, -0.2) is 0 Å². The summed E-state index contributed by atoms with van der Waals surface area (Å²) in [5.41, 5.74) is 2.94. The van der Waals surface area contributed by atoms with E-state index in [-0.39, 0.29) is 6.61 Å². The highest BCUT2D eigenvalue weighted by molar-refractivity contribution is 6.31. The zero-order valence-electron chi connectivity index (χ0n) is 16.1. The van der Waals surface area contributed by atoms with Gasteiger partial charge in [-0.2, -0.15) is 0 Å². The summed E-state index contributed by atoms with van der Waals surface area (Å²) in [5.74, 6) is -1.05. The Morgan fingerprint density at radius 2 is 1.96 bits per heavy atom. The van der Waals surface area contributed by atoms with Crippen LogP contribution in [0, 0.1) is 0 Å². The highest BCUT2D eigenvalue weighted by atomic mass is 35.5. The van der Waals surface area contributed by atoms with Crippen LogP contribution in [0.15, 0.2) is 42.5 Å². The molecule has 2 fully saturated rings. The number of halogens is 1. The van der Waals surface area contributed by atoms with Crippen LogP contribution >= 0.6 is 11.6 Å². The van der Waals surface area contributed by atoms with Gasteiger partial charge in [0.2, 0.25) is 5.79 Å². The number of ether oxygens (including phenoxy) is 4. The van der Waals surface area contributed by atoms with Gasteiger partial charge in [-0.05, 0) is 48.7 Å². The minimum atomic E-state index is -1.01. The van der Waals surface area contributed by atoms with E-state index in [2.05, 4.69) is 0 Å². The highest BCUT2D eigenvalue weighted by Gasteiger charge is 2.58. The van der Waals surface area contributed by atoms with Crippen LogP contribution in [0.2, 0.25) is 5.02 Å². The van der Waals surface area contributed by atoms with Gasteiger partial charge in [0.05, 0.1) is 12.7 Å². The number of hydrogen-bond donors (Lipinski definition) is 1. The Kier molecular flexibility index (Phi) is 5.38. The molecule has 2 aromatic carbocycles. The minimum Gasteiger partial charge on any atom is -0.494 e. The third-order valence-corrected chi connectivity index (χ3v) is 5.78. The van der Waals surface area contributed by atoms with Gasteiger partial charge in [0.1, 0.15) is 12.4 Å². The van der Waals surface area contributed by atoms with Crippen molar-refractivity contribution in [3.05, 3.63) is 64.2 Å². The molecule has 1 N–H and O–H groups in total. The second kappa shape index (κ2) is 7.65. The molecular formula is C22H25ClO5.